The number of benzene rings is 2. The van der Waals surface area contributed by atoms with Gasteiger partial charge in [0, 0.05) is 43.8 Å². The normalized spacial score (nSPS) is 18.4. The summed E-state index contributed by atoms with van der Waals surface area (Å²) in [5, 5.41) is 0. The minimum Gasteiger partial charge on any atom is -0.486 e. The van der Waals surface area contributed by atoms with Crippen molar-refractivity contribution in [3.63, 3.8) is 0 Å². The number of ether oxygens (including phenoxy) is 3. The van der Waals surface area contributed by atoms with Crippen molar-refractivity contribution < 1.29 is 19.0 Å². The Kier molecular flexibility index (Phi) is 5.04. The molecule has 0 radical (unpaired) electrons. The Bertz CT molecular complexity index is 1080. The third-order valence-electron chi connectivity index (χ3n) is 5.68. The van der Waals surface area contributed by atoms with Gasteiger partial charge >= 0.3 is 0 Å². The second-order valence-electron chi connectivity index (χ2n) is 7.54. The second kappa shape index (κ2) is 7.99. The number of nitrogens with zero attached hydrogens (tertiary/aromatic N) is 3. The number of hydrogen-bond acceptors (Lipinski definition) is 5. The van der Waals surface area contributed by atoms with E-state index in [-0.39, 0.29) is 11.8 Å². The summed E-state index contributed by atoms with van der Waals surface area (Å²) >= 11 is 0. The first-order valence-electron chi connectivity index (χ1n) is 10.5. The van der Waals surface area contributed by atoms with E-state index in [4.69, 9.17) is 19.2 Å². The van der Waals surface area contributed by atoms with Gasteiger partial charge in [-0.15, -0.1) is 0 Å². The molecule has 1 unspecified atom stereocenters. The molecular weight excluding hydrogens is 382 g/mol. The summed E-state index contributed by atoms with van der Waals surface area (Å²) in [6.07, 6.45) is 0.437. The summed E-state index contributed by atoms with van der Waals surface area (Å²) in [6, 6.07) is 13.8. The molecular formula is C23H25N3O4. The van der Waals surface area contributed by atoms with Crippen LogP contribution in [-0.4, -0.2) is 48.4 Å². The quantitative estimate of drug-likeness (QED) is 0.586. The standard InChI is InChI=1S/C23H25N3O4/c1-2-28-10-9-25-19-6-4-3-5-18(19)24-23(25)16-13-22(27)26(15-16)17-7-8-20-21(14-17)30-12-11-29-20/h3-8,14,16H,2,9-13,15H2,1H3. The van der Waals surface area contributed by atoms with Crippen LogP contribution in [0.4, 0.5) is 5.69 Å². The van der Waals surface area contributed by atoms with Crippen LogP contribution in [0.15, 0.2) is 42.5 Å². The SMILES string of the molecule is CCOCCn1c(C2CC(=O)N(c3ccc4c(c3)OCCO4)C2)nc2ccccc21. The number of carbonyl (C=O) groups is 1. The predicted octanol–water partition coefficient (Wildman–Crippen LogP) is 3.36. The minimum atomic E-state index is 0.0275. The van der Waals surface area contributed by atoms with Crippen molar-refractivity contribution in [3.8, 4) is 11.5 Å². The molecule has 0 saturated carbocycles. The molecule has 1 aromatic heterocycles. The summed E-state index contributed by atoms with van der Waals surface area (Å²) in [6.45, 7) is 5.69. The van der Waals surface area contributed by atoms with Crippen LogP contribution in [0.1, 0.15) is 25.1 Å². The molecule has 0 bridgehead atoms. The van der Waals surface area contributed by atoms with Crippen molar-refractivity contribution >= 4 is 22.6 Å². The lowest BCUT2D eigenvalue weighted by molar-refractivity contribution is -0.117. The third-order valence-corrected chi connectivity index (χ3v) is 5.68. The summed E-state index contributed by atoms with van der Waals surface area (Å²) in [5.74, 6) is 2.49. The van der Waals surface area contributed by atoms with Gasteiger partial charge in [0.15, 0.2) is 11.5 Å². The van der Waals surface area contributed by atoms with E-state index in [1.807, 2.05) is 48.2 Å². The van der Waals surface area contributed by atoms with Crippen molar-refractivity contribution in [1.82, 2.24) is 9.55 Å². The van der Waals surface area contributed by atoms with Gasteiger partial charge in [0.1, 0.15) is 19.0 Å². The van der Waals surface area contributed by atoms with E-state index in [1.54, 1.807) is 0 Å². The van der Waals surface area contributed by atoms with Crippen molar-refractivity contribution in [2.24, 2.45) is 0 Å². The molecule has 0 N–H and O–H groups in total. The Morgan fingerprint density at radius 1 is 1.13 bits per heavy atom. The summed E-state index contributed by atoms with van der Waals surface area (Å²) in [4.78, 5) is 19.6. The van der Waals surface area contributed by atoms with E-state index in [0.29, 0.717) is 45.1 Å². The van der Waals surface area contributed by atoms with Crippen molar-refractivity contribution in [1.29, 1.82) is 0 Å². The Hall–Kier alpha value is -3.06. The number of amides is 1. The first-order valence-corrected chi connectivity index (χ1v) is 10.5. The zero-order valence-corrected chi connectivity index (χ0v) is 17.0. The van der Waals surface area contributed by atoms with E-state index < -0.39 is 0 Å². The maximum atomic E-state index is 12.9. The molecule has 1 fully saturated rings. The average molecular weight is 407 g/mol. The Balaban J connectivity index is 1.44. The molecule has 2 aromatic carbocycles. The molecule has 2 aliphatic heterocycles. The number of imidazole rings is 1. The molecule has 3 heterocycles. The first kappa shape index (κ1) is 18.9. The van der Waals surface area contributed by atoms with Crippen LogP contribution >= 0.6 is 0 Å². The van der Waals surface area contributed by atoms with E-state index in [1.165, 1.54) is 0 Å². The Morgan fingerprint density at radius 3 is 2.83 bits per heavy atom. The number of anilines is 1. The molecule has 156 valence electrons. The van der Waals surface area contributed by atoms with Crippen molar-refractivity contribution in [3.05, 3.63) is 48.3 Å². The highest BCUT2D eigenvalue weighted by Gasteiger charge is 2.35. The number of aromatic nitrogens is 2. The van der Waals surface area contributed by atoms with Crippen LogP contribution in [0.3, 0.4) is 0 Å². The molecule has 1 saturated heterocycles. The number of carbonyl (C=O) groups excluding carboxylic acids is 1. The molecule has 30 heavy (non-hydrogen) atoms. The molecule has 0 aliphatic carbocycles. The highest BCUT2D eigenvalue weighted by Crippen LogP contribution is 2.38. The number of fused-ring (bicyclic) bond motifs is 2. The van der Waals surface area contributed by atoms with Gasteiger partial charge in [-0.3, -0.25) is 4.79 Å². The van der Waals surface area contributed by atoms with Gasteiger partial charge in [0.2, 0.25) is 5.91 Å². The van der Waals surface area contributed by atoms with Gasteiger partial charge < -0.3 is 23.7 Å². The molecule has 1 amide bonds. The van der Waals surface area contributed by atoms with E-state index in [2.05, 4.69) is 10.6 Å². The van der Waals surface area contributed by atoms with Gasteiger partial charge in [0.25, 0.3) is 0 Å². The smallest absolute Gasteiger partial charge is 0.227 e. The van der Waals surface area contributed by atoms with Crippen LogP contribution in [0, 0.1) is 0 Å². The molecule has 7 nitrogen and oxygen atoms in total. The lowest BCUT2D eigenvalue weighted by atomic mass is 10.1. The lowest BCUT2D eigenvalue weighted by Gasteiger charge is -2.22. The number of hydrogen-bond donors (Lipinski definition) is 0. The number of rotatable bonds is 6. The molecule has 0 spiro atoms. The van der Waals surface area contributed by atoms with Crippen LogP contribution in [0.25, 0.3) is 11.0 Å². The van der Waals surface area contributed by atoms with Crippen LogP contribution in [0.5, 0.6) is 11.5 Å². The van der Waals surface area contributed by atoms with Gasteiger partial charge in [0.05, 0.1) is 17.6 Å². The topological polar surface area (TPSA) is 65.8 Å². The Labute approximate surface area is 175 Å². The van der Waals surface area contributed by atoms with Gasteiger partial charge in [-0.2, -0.15) is 0 Å². The highest BCUT2D eigenvalue weighted by atomic mass is 16.6. The highest BCUT2D eigenvalue weighted by molar-refractivity contribution is 5.96. The Morgan fingerprint density at radius 2 is 1.97 bits per heavy atom. The van der Waals surface area contributed by atoms with Gasteiger partial charge in [-0.1, -0.05) is 12.1 Å². The second-order valence-corrected chi connectivity index (χ2v) is 7.54. The lowest BCUT2D eigenvalue weighted by Crippen LogP contribution is -2.25. The zero-order valence-electron chi connectivity index (χ0n) is 17.0. The third kappa shape index (κ3) is 3.39. The fourth-order valence-corrected chi connectivity index (χ4v) is 4.27. The molecule has 1 atom stereocenters. The van der Waals surface area contributed by atoms with Crippen LogP contribution in [-0.2, 0) is 16.1 Å². The fraction of sp³-hybridized carbons (Fsp3) is 0.391. The maximum Gasteiger partial charge on any atom is 0.227 e. The van der Waals surface area contributed by atoms with Crippen molar-refractivity contribution in [2.75, 3.05) is 37.9 Å². The largest absolute Gasteiger partial charge is 0.486 e. The van der Waals surface area contributed by atoms with Crippen molar-refractivity contribution in [2.45, 2.75) is 25.8 Å². The van der Waals surface area contributed by atoms with Crippen LogP contribution < -0.4 is 14.4 Å². The predicted molar refractivity (Wildman–Crippen MR) is 113 cm³/mol. The summed E-state index contributed by atoms with van der Waals surface area (Å²) in [7, 11) is 0. The van der Waals surface area contributed by atoms with Gasteiger partial charge in [-0.25, -0.2) is 4.98 Å². The fourth-order valence-electron chi connectivity index (χ4n) is 4.27. The summed E-state index contributed by atoms with van der Waals surface area (Å²) in [5.41, 5.74) is 2.87. The van der Waals surface area contributed by atoms with Gasteiger partial charge in [-0.05, 0) is 31.2 Å². The molecule has 2 aliphatic rings. The summed E-state index contributed by atoms with van der Waals surface area (Å²) < 4.78 is 19.1. The van der Waals surface area contributed by atoms with E-state index >= 15 is 0 Å². The molecule has 7 heteroatoms. The van der Waals surface area contributed by atoms with E-state index in [0.717, 1.165) is 34.8 Å². The molecule has 5 rings (SSSR count). The zero-order chi connectivity index (χ0) is 20.5. The average Bonchev–Trinajstić information content (AvgIpc) is 3.34. The van der Waals surface area contributed by atoms with Crippen LogP contribution in [0.2, 0.25) is 0 Å². The minimum absolute atomic E-state index is 0.0275. The maximum absolute atomic E-state index is 12.9. The number of para-hydroxylation sites is 2. The van der Waals surface area contributed by atoms with E-state index in [9.17, 15) is 4.79 Å². The molecule has 3 aromatic rings. The monoisotopic (exact) mass is 407 g/mol. The first-order chi connectivity index (χ1) is 14.7.